The Kier molecular flexibility index (Phi) is 13.5. The van der Waals surface area contributed by atoms with Crippen LogP contribution in [0.2, 0.25) is 0 Å². The molecule has 0 spiro atoms. The van der Waals surface area contributed by atoms with E-state index in [9.17, 15) is 19.8 Å². The van der Waals surface area contributed by atoms with E-state index in [1.165, 1.54) is 0 Å². The molecule has 2 amide bonds. The summed E-state index contributed by atoms with van der Waals surface area (Å²) in [5.41, 5.74) is 13.5. The molecule has 2 aromatic carbocycles. The number of phenolic OH excluding ortho intramolecular Hbond substituents is 1. The van der Waals surface area contributed by atoms with Crippen LogP contribution in [0.3, 0.4) is 0 Å². The van der Waals surface area contributed by atoms with E-state index in [0.29, 0.717) is 22.6 Å². The number of rotatable bonds is 15. The molecule has 14 heteroatoms. The molecule has 5 heterocycles. The van der Waals surface area contributed by atoms with Gasteiger partial charge in [-0.3, -0.25) is 14.3 Å². The number of unbranched alkanes of at least 4 members (excludes halogenated alkanes) is 4. The fourth-order valence-corrected chi connectivity index (χ4v) is 9.80. The Morgan fingerprint density at radius 3 is 2.42 bits per heavy atom. The van der Waals surface area contributed by atoms with Crippen LogP contribution in [0.25, 0.3) is 32.7 Å². The van der Waals surface area contributed by atoms with Crippen LogP contribution in [0.5, 0.6) is 5.75 Å². The topological polar surface area (TPSA) is 176 Å². The maximum Gasteiger partial charge on any atom is 0.243 e. The second-order valence-electron chi connectivity index (χ2n) is 17.9. The molecular weight excluding hydrogens is 775 g/mol. The van der Waals surface area contributed by atoms with Gasteiger partial charge in [0, 0.05) is 37.5 Å². The molecule has 2 saturated heterocycles. The highest BCUT2D eigenvalue weighted by molar-refractivity contribution is 7.13. The van der Waals surface area contributed by atoms with E-state index in [2.05, 4.69) is 63.4 Å². The van der Waals surface area contributed by atoms with E-state index in [0.717, 1.165) is 98.2 Å². The van der Waals surface area contributed by atoms with Crippen molar-refractivity contribution in [1.82, 2.24) is 40.1 Å². The lowest BCUT2D eigenvalue weighted by Crippen LogP contribution is -2.50. The largest absolute Gasteiger partial charge is 0.507 e. The number of hydrogen-bond acceptors (Lipinski definition) is 11. The predicted octanol–water partition coefficient (Wildman–Crippen LogP) is 7.69. The number of β-amino-alcohol motifs (C(OH)–C–C–N with tert-alkyl or cyclic N) is 1. The Hall–Kier alpha value is -4.92. The average Bonchev–Trinajstić information content (AvgIpc) is 3.94. The molecule has 0 radical (unpaired) electrons. The number of aliphatic hydroxyl groups excluding tert-OH is 1. The zero-order chi connectivity index (χ0) is 42.6. The summed E-state index contributed by atoms with van der Waals surface area (Å²) in [6.07, 6.45) is 7.56. The Labute approximate surface area is 357 Å². The number of nitrogens with one attached hydrogen (secondary N) is 1. The number of nitrogens with zero attached hydrogens (tertiary/aromatic N) is 7. The molecule has 2 aliphatic heterocycles. The zero-order valence-electron chi connectivity index (χ0n) is 35.7. The lowest BCUT2D eigenvalue weighted by Gasteiger charge is -2.35. The molecule has 320 valence electrons. The number of anilines is 1. The van der Waals surface area contributed by atoms with Crippen LogP contribution in [0, 0.1) is 18.3 Å². The van der Waals surface area contributed by atoms with Gasteiger partial charge in [0.1, 0.15) is 11.8 Å². The van der Waals surface area contributed by atoms with Crippen LogP contribution in [0.15, 0.2) is 60.1 Å². The number of carbonyl (C=O) groups excluding carboxylic acids is 2. The first kappa shape index (κ1) is 43.2. The molecular formula is C46H61N9O4S. The molecule has 0 saturated carbocycles. The maximum atomic E-state index is 14.2. The minimum absolute atomic E-state index is 0.0332. The van der Waals surface area contributed by atoms with Crippen molar-refractivity contribution in [3.05, 3.63) is 71.4 Å². The highest BCUT2D eigenvalue weighted by Gasteiger charge is 2.44. The number of carbonyl (C=O) groups is 2. The number of aryl methyl sites for hydroxylation is 1. The Morgan fingerprint density at radius 2 is 1.72 bits per heavy atom. The summed E-state index contributed by atoms with van der Waals surface area (Å²) < 4.78 is 2.00. The molecule has 0 aliphatic carbocycles. The third-order valence-corrected chi connectivity index (χ3v) is 13.5. The van der Waals surface area contributed by atoms with Gasteiger partial charge in [0.05, 0.1) is 45.5 Å². The van der Waals surface area contributed by atoms with Crippen molar-refractivity contribution in [2.75, 3.05) is 31.9 Å². The summed E-state index contributed by atoms with van der Waals surface area (Å²) in [5, 5.41) is 37.5. The van der Waals surface area contributed by atoms with Crippen molar-refractivity contribution in [1.29, 1.82) is 0 Å². The van der Waals surface area contributed by atoms with E-state index < -0.39 is 12.1 Å². The van der Waals surface area contributed by atoms with Crippen molar-refractivity contribution in [3.63, 3.8) is 0 Å². The van der Waals surface area contributed by atoms with Gasteiger partial charge < -0.3 is 31.1 Å². The van der Waals surface area contributed by atoms with Crippen LogP contribution in [-0.2, 0) is 9.59 Å². The van der Waals surface area contributed by atoms with Gasteiger partial charge in [0.2, 0.25) is 11.8 Å². The number of phenols is 1. The molecule has 0 unspecified atom stereocenters. The van der Waals surface area contributed by atoms with Crippen molar-refractivity contribution in [3.8, 4) is 27.4 Å². The summed E-state index contributed by atoms with van der Waals surface area (Å²) in [6, 6.07) is 16.5. The van der Waals surface area contributed by atoms with E-state index in [4.69, 9.17) is 5.73 Å². The normalized spacial score (nSPS) is 18.9. The number of benzene rings is 2. The monoisotopic (exact) mass is 835 g/mol. The van der Waals surface area contributed by atoms with Crippen molar-refractivity contribution in [2.24, 2.45) is 11.3 Å². The lowest BCUT2D eigenvalue weighted by atomic mass is 9.76. The third-order valence-electron chi connectivity index (χ3n) is 12.5. The predicted molar refractivity (Wildman–Crippen MR) is 237 cm³/mol. The molecule has 2 fully saturated rings. The molecule has 5 aromatic rings. The Morgan fingerprint density at radius 1 is 1.00 bits per heavy atom. The minimum atomic E-state index is -0.725. The van der Waals surface area contributed by atoms with E-state index in [-0.39, 0.29) is 53.9 Å². The fraction of sp³-hybridized carbons (Fsp3) is 0.522. The summed E-state index contributed by atoms with van der Waals surface area (Å²) >= 11 is 1.61. The number of aromatic hydroxyl groups is 1. The van der Waals surface area contributed by atoms with Gasteiger partial charge >= 0.3 is 0 Å². The van der Waals surface area contributed by atoms with Gasteiger partial charge in [-0.25, -0.2) is 4.98 Å². The standard InChI is InChI=1S/C46H61N9O4S/c1-29(31-16-18-32(19-17-31)42-30(2)48-28-60-42)49-44(58)39-25-34(56)27-54(39)45(59)36(46(3,4)5)14-9-7-6-8-12-22-53-23-20-33(21-24-53)55-38-26-37(35-13-10-11-15-40(35)57)50-51-41(38)43(47)52-55/h10-11,13,15-19,26,28-29,33-34,36,39,56-57H,6-9,12,14,20-25,27H2,1-5H3,(H2,47,52)(H,49,58)/t29-,34+,36+,39-/m0/s1. The highest BCUT2D eigenvalue weighted by Crippen LogP contribution is 2.36. The highest BCUT2D eigenvalue weighted by atomic mass is 32.1. The van der Waals surface area contributed by atoms with Crippen LogP contribution in [-0.4, -0.2) is 95.1 Å². The zero-order valence-corrected chi connectivity index (χ0v) is 36.5. The van der Waals surface area contributed by atoms with Crippen LogP contribution >= 0.6 is 11.3 Å². The van der Waals surface area contributed by atoms with E-state index in [1.807, 2.05) is 54.4 Å². The first-order valence-corrected chi connectivity index (χ1v) is 22.5. The third kappa shape index (κ3) is 9.82. The van der Waals surface area contributed by atoms with Crippen LogP contribution in [0.4, 0.5) is 5.82 Å². The Balaban J connectivity index is 0.846. The average molecular weight is 836 g/mol. The van der Waals surface area contributed by atoms with Gasteiger partial charge in [0.25, 0.3) is 0 Å². The number of likely N-dealkylation sites (tertiary alicyclic amines) is 2. The summed E-state index contributed by atoms with van der Waals surface area (Å²) in [7, 11) is 0. The maximum absolute atomic E-state index is 14.2. The molecule has 3 aromatic heterocycles. The smallest absolute Gasteiger partial charge is 0.243 e. The van der Waals surface area contributed by atoms with Crippen LogP contribution in [0.1, 0.15) is 109 Å². The molecule has 7 rings (SSSR count). The molecule has 0 bridgehead atoms. The summed E-state index contributed by atoms with van der Waals surface area (Å²) in [6.45, 7) is 13.5. The number of thiazole rings is 1. The quantitative estimate of drug-likeness (QED) is 0.0766. The van der Waals surface area contributed by atoms with Crippen molar-refractivity contribution < 1.29 is 19.8 Å². The van der Waals surface area contributed by atoms with Crippen molar-refractivity contribution in [2.45, 2.75) is 117 Å². The van der Waals surface area contributed by atoms with Gasteiger partial charge in [-0.1, -0.05) is 82.9 Å². The van der Waals surface area contributed by atoms with Gasteiger partial charge in [-0.2, -0.15) is 5.10 Å². The first-order valence-electron chi connectivity index (χ1n) is 21.6. The second kappa shape index (κ2) is 18.8. The molecule has 4 atom stereocenters. The summed E-state index contributed by atoms with van der Waals surface area (Å²) in [4.78, 5) is 37.5. The molecule has 13 nitrogen and oxygen atoms in total. The first-order chi connectivity index (χ1) is 28.8. The van der Waals surface area contributed by atoms with E-state index >= 15 is 0 Å². The number of para-hydroxylation sites is 1. The number of hydrogen-bond donors (Lipinski definition) is 4. The van der Waals surface area contributed by atoms with Crippen LogP contribution < -0.4 is 11.1 Å². The second-order valence-corrected chi connectivity index (χ2v) is 18.7. The summed E-state index contributed by atoms with van der Waals surface area (Å²) in [5.74, 6) is 0.0285. The molecule has 2 aliphatic rings. The number of aromatic nitrogens is 5. The number of amides is 2. The molecule has 60 heavy (non-hydrogen) atoms. The van der Waals surface area contributed by atoms with Gasteiger partial charge in [-0.15, -0.1) is 21.5 Å². The number of aliphatic hydroxyl groups is 1. The SMILES string of the molecule is Cc1ncsc1-c1ccc([C@H](C)NC(=O)[C@@H]2C[C@@H](O)CN2C(=O)[C@@H](CCCCCCCN2CCC(n3nc(N)c4nnc(-c5ccccc5O)cc43)CC2)C(C)(C)C)cc1. The number of nitrogen functional groups attached to an aromatic ring is 1. The lowest BCUT2D eigenvalue weighted by molar-refractivity contribution is -0.145. The fourth-order valence-electron chi connectivity index (χ4n) is 8.99. The van der Waals surface area contributed by atoms with Gasteiger partial charge in [-0.05, 0) is 80.8 Å². The number of fused-ring (bicyclic) bond motifs is 1. The minimum Gasteiger partial charge on any atom is -0.507 e. The van der Waals surface area contributed by atoms with E-state index in [1.54, 1.807) is 28.4 Å². The van der Waals surface area contributed by atoms with Crippen molar-refractivity contribution >= 4 is 40.0 Å². The van der Waals surface area contributed by atoms with Gasteiger partial charge in [0.15, 0.2) is 11.3 Å². The Bertz CT molecular complexity index is 2240. The number of piperidine rings is 1. The molecule has 5 N–H and O–H groups in total. The number of nitrogens with two attached hydrogens (primary N) is 1.